The number of rotatable bonds is 7. The van der Waals surface area contributed by atoms with E-state index in [0.717, 1.165) is 5.56 Å². The monoisotopic (exact) mass is 413 g/mol. The number of carbonyl (C=O) groups is 3. The summed E-state index contributed by atoms with van der Waals surface area (Å²) in [6.07, 6.45) is 0.360. The zero-order valence-corrected chi connectivity index (χ0v) is 16.8. The molecule has 0 aliphatic carbocycles. The Morgan fingerprint density at radius 2 is 1.86 bits per heavy atom. The summed E-state index contributed by atoms with van der Waals surface area (Å²) >= 11 is 5.98. The smallest absolute Gasteiger partial charge is 0.375 e. The molecule has 0 saturated heterocycles. The summed E-state index contributed by atoms with van der Waals surface area (Å²) in [5.74, 6) is -1.49. The number of fused-ring (bicyclic) bond motifs is 1. The van der Waals surface area contributed by atoms with Crippen LogP contribution in [0.5, 0.6) is 0 Å². The van der Waals surface area contributed by atoms with Gasteiger partial charge >= 0.3 is 5.97 Å². The Labute approximate surface area is 172 Å². The van der Waals surface area contributed by atoms with Gasteiger partial charge in [-0.1, -0.05) is 41.9 Å². The Morgan fingerprint density at radius 1 is 1.14 bits per heavy atom. The van der Waals surface area contributed by atoms with Crippen LogP contribution in [-0.2, 0) is 20.7 Å². The van der Waals surface area contributed by atoms with E-state index in [2.05, 4.69) is 5.32 Å². The summed E-state index contributed by atoms with van der Waals surface area (Å²) in [4.78, 5) is 36.4. The summed E-state index contributed by atoms with van der Waals surface area (Å²) in [5, 5.41) is 3.83. The minimum Gasteiger partial charge on any atom is -0.450 e. The number of halogens is 1. The lowest BCUT2D eigenvalue weighted by molar-refractivity contribution is -0.128. The third kappa shape index (κ3) is 5.03. The van der Waals surface area contributed by atoms with Crippen LogP contribution in [0.4, 0.5) is 0 Å². The van der Waals surface area contributed by atoms with E-state index in [-0.39, 0.29) is 11.5 Å². The molecule has 0 fully saturated rings. The molecule has 0 unspecified atom stereocenters. The third-order valence-corrected chi connectivity index (χ3v) is 4.76. The quantitative estimate of drug-likeness (QED) is 0.594. The van der Waals surface area contributed by atoms with Gasteiger partial charge in [-0.3, -0.25) is 9.59 Å². The standard InChI is InChI=1S/C22H20ClNO5/c1-13-17-11-16(23)8-9-19(17)29-21(13)22(27)28-12-20(26)24-18(14(2)25)10-15-6-4-3-5-7-15/h3-9,11,18H,10,12H2,1-2H3,(H,24,26)/t18-/m1/s1. The Bertz CT molecular complexity index is 1060. The highest BCUT2D eigenvalue weighted by molar-refractivity contribution is 6.31. The average molecular weight is 414 g/mol. The van der Waals surface area contributed by atoms with Crippen LogP contribution < -0.4 is 5.32 Å². The number of ether oxygens (including phenoxy) is 1. The van der Waals surface area contributed by atoms with Crippen molar-refractivity contribution in [1.29, 1.82) is 0 Å². The van der Waals surface area contributed by atoms with Gasteiger partial charge in [-0.2, -0.15) is 0 Å². The molecule has 3 aromatic rings. The van der Waals surface area contributed by atoms with Gasteiger partial charge in [0.05, 0.1) is 6.04 Å². The maximum Gasteiger partial charge on any atom is 0.375 e. The molecule has 7 heteroatoms. The highest BCUT2D eigenvalue weighted by Gasteiger charge is 2.22. The lowest BCUT2D eigenvalue weighted by Crippen LogP contribution is -2.43. The predicted molar refractivity (Wildman–Crippen MR) is 109 cm³/mol. The predicted octanol–water partition coefficient (Wildman–Crippen LogP) is 3.87. The molecular weight excluding hydrogens is 394 g/mol. The lowest BCUT2D eigenvalue weighted by Gasteiger charge is -2.16. The normalized spacial score (nSPS) is 11.8. The first-order valence-electron chi connectivity index (χ1n) is 9.04. The fourth-order valence-corrected chi connectivity index (χ4v) is 3.14. The summed E-state index contributed by atoms with van der Waals surface area (Å²) in [5.41, 5.74) is 2.00. The number of amides is 1. The second kappa shape index (κ2) is 8.92. The fraction of sp³-hybridized carbons (Fsp3) is 0.227. The summed E-state index contributed by atoms with van der Waals surface area (Å²) in [6.45, 7) is 2.60. The van der Waals surface area contributed by atoms with E-state index in [1.165, 1.54) is 6.92 Å². The molecule has 1 amide bonds. The molecule has 0 aliphatic heterocycles. The van der Waals surface area contributed by atoms with Crippen molar-refractivity contribution >= 4 is 40.2 Å². The largest absolute Gasteiger partial charge is 0.450 e. The van der Waals surface area contributed by atoms with Crippen molar-refractivity contribution in [3.8, 4) is 0 Å². The highest BCUT2D eigenvalue weighted by atomic mass is 35.5. The summed E-state index contributed by atoms with van der Waals surface area (Å²) in [6, 6.07) is 13.7. The zero-order valence-electron chi connectivity index (χ0n) is 16.0. The first kappa shape index (κ1) is 20.6. The second-order valence-electron chi connectivity index (χ2n) is 6.69. The highest BCUT2D eigenvalue weighted by Crippen LogP contribution is 2.28. The summed E-state index contributed by atoms with van der Waals surface area (Å²) in [7, 11) is 0. The Kier molecular flexibility index (Phi) is 6.34. The van der Waals surface area contributed by atoms with Gasteiger partial charge in [0.1, 0.15) is 5.58 Å². The van der Waals surface area contributed by atoms with E-state index in [1.807, 2.05) is 30.3 Å². The van der Waals surface area contributed by atoms with Gasteiger partial charge in [-0.15, -0.1) is 0 Å². The van der Waals surface area contributed by atoms with Crippen molar-refractivity contribution in [3.63, 3.8) is 0 Å². The molecule has 1 heterocycles. The minimum atomic E-state index is -0.757. The maximum absolute atomic E-state index is 12.3. The molecule has 29 heavy (non-hydrogen) atoms. The van der Waals surface area contributed by atoms with E-state index in [0.29, 0.717) is 28.0 Å². The van der Waals surface area contributed by atoms with E-state index >= 15 is 0 Å². The molecule has 150 valence electrons. The lowest BCUT2D eigenvalue weighted by atomic mass is 10.0. The molecule has 0 spiro atoms. The van der Waals surface area contributed by atoms with Gasteiger partial charge < -0.3 is 14.5 Å². The van der Waals surface area contributed by atoms with Gasteiger partial charge in [0, 0.05) is 16.0 Å². The van der Waals surface area contributed by atoms with E-state index in [1.54, 1.807) is 25.1 Å². The van der Waals surface area contributed by atoms with Gasteiger partial charge in [0.25, 0.3) is 5.91 Å². The van der Waals surface area contributed by atoms with Crippen molar-refractivity contribution < 1.29 is 23.5 Å². The molecular formula is C22H20ClNO5. The number of benzene rings is 2. The van der Waals surface area contributed by atoms with Gasteiger partial charge in [-0.05, 0) is 44.0 Å². The van der Waals surface area contributed by atoms with E-state index < -0.39 is 24.5 Å². The molecule has 1 atom stereocenters. The van der Waals surface area contributed by atoms with Crippen LogP contribution in [0.25, 0.3) is 11.0 Å². The number of aryl methyl sites for hydroxylation is 1. The molecule has 0 saturated carbocycles. The number of hydrogen-bond donors (Lipinski definition) is 1. The number of ketones is 1. The van der Waals surface area contributed by atoms with Crippen LogP contribution in [-0.4, -0.2) is 30.3 Å². The number of furan rings is 1. The Hall–Kier alpha value is -3.12. The summed E-state index contributed by atoms with van der Waals surface area (Å²) < 4.78 is 10.6. The molecule has 6 nitrogen and oxygen atoms in total. The molecule has 3 rings (SSSR count). The molecule has 2 aromatic carbocycles. The molecule has 0 bridgehead atoms. The van der Waals surface area contributed by atoms with Crippen LogP contribution in [0, 0.1) is 6.92 Å². The third-order valence-electron chi connectivity index (χ3n) is 4.53. The molecule has 0 aliphatic rings. The van der Waals surface area contributed by atoms with Gasteiger partial charge in [-0.25, -0.2) is 4.79 Å². The van der Waals surface area contributed by atoms with Crippen LogP contribution in [0.2, 0.25) is 5.02 Å². The topological polar surface area (TPSA) is 85.6 Å². The zero-order chi connectivity index (χ0) is 21.0. The van der Waals surface area contributed by atoms with E-state index in [4.69, 9.17) is 20.8 Å². The number of hydrogen-bond acceptors (Lipinski definition) is 5. The first-order chi connectivity index (χ1) is 13.8. The number of nitrogens with one attached hydrogen (secondary N) is 1. The molecule has 1 aromatic heterocycles. The van der Waals surface area contributed by atoms with Crippen molar-refractivity contribution in [2.24, 2.45) is 0 Å². The van der Waals surface area contributed by atoms with Crippen molar-refractivity contribution in [2.45, 2.75) is 26.3 Å². The average Bonchev–Trinajstić information content (AvgIpc) is 3.02. The van der Waals surface area contributed by atoms with E-state index in [9.17, 15) is 14.4 Å². The van der Waals surface area contributed by atoms with Crippen LogP contribution >= 0.6 is 11.6 Å². The molecule has 0 radical (unpaired) electrons. The number of carbonyl (C=O) groups excluding carboxylic acids is 3. The molecule has 1 N–H and O–H groups in total. The van der Waals surface area contributed by atoms with Gasteiger partial charge in [0.15, 0.2) is 12.4 Å². The second-order valence-corrected chi connectivity index (χ2v) is 7.13. The van der Waals surface area contributed by atoms with Crippen LogP contribution in [0.1, 0.15) is 28.6 Å². The fourth-order valence-electron chi connectivity index (χ4n) is 2.97. The van der Waals surface area contributed by atoms with Crippen molar-refractivity contribution in [1.82, 2.24) is 5.32 Å². The SMILES string of the molecule is CC(=O)[C@@H](Cc1ccccc1)NC(=O)COC(=O)c1oc2ccc(Cl)cc2c1C. The van der Waals surface area contributed by atoms with Crippen LogP contribution in [0.3, 0.4) is 0 Å². The van der Waals surface area contributed by atoms with Crippen molar-refractivity contribution in [2.75, 3.05) is 6.61 Å². The van der Waals surface area contributed by atoms with Gasteiger partial charge in [0.2, 0.25) is 5.76 Å². The Morgan fingerprint density at radius 3 is 2.55 bits per heavy atom. The maximum atomic E-state index is 12.3. The Balaban J connectivity index is 1.61. The number of Topliss-reactive ketones (excluding diaryl/α,β-unsaturated/α-hetero) is 1. The minimum absolute atomic E-state index is 0.0162. The number of esters is 1. The van der Waals surface area contributed by atoms with Crippen LogP contribution in [0.15, 0.2) is 52.9 Å². The first-order valence-corrected chi connectivity index (χ1v) is 9.42. The van der Waals surface area contributed by atoms with Crippen molar-refractivity contribution in [3.05, 3.63) is 70.4 Å².